The first-order chi connectivity index (χ1) is 12.0. The van der Waals surface area contributed by atoms with Crippen molar-refractivity contribution in [1.82, 2.24) is 4.31 Å². The van der Waals surface area contributed by atoms with Gasteiger partial charge in [-0.2, -0.15) is 4.31 Å². The zero-order valence-electron chi connectivity index (χ0n) is 15.7. The Labute approximate surface area is 159 Å². The van der Waals surface area contributed by atoms with Crippen LogP contribution < -0.4 is 0 Å². The molecule has 0 aromatic heterocycles. The molecule has 6 nitrogen and oxygen atoms in total. The molecular weight excluding hydrogens is 374 g/mol. The summed E-state index contributed by atoms with van der Waals surface area (Å²) >= 11 is 1.06. The summed E-state index contributed by atoms with van der Waals surface area (Å²) in [5.41, 5.74) is 0.931. The van der Waals surface area contributed by atoms with Gasteiger partial charge in [-0.1, -0.05) is 44.7 Å². The number of methoxy groups -OCH3 is 1. The van der Waals surface area contributed by atoms with Crippen molar-refractivity contribution in [3.8, 4) is 0 Å². The van der Waals surface area contributed by atoms with E-state index in [4.69, 9.17) is 4.74 Å². The van der Waals surface area contributed by atoms with Gasteiger partial charge >= 0.3 is 5.97 Å². The van der Waals surface area contributed by atoms with Gasteiger partial charge in [-0.25, -0.2) is 8.42 Å². The molecule has 1 fully saturated rings. The molecule has 0 bridgehead atoms. The molecule has 1 aliphatic heterocycles. The van der Waals surface area contributed by atoms with Crippen molar-refractivity contribution in [2.75, 3.05) is 13.7 Å². The van der Waals surface area contributed by atoms with Crippen LogP contribution in [-0.4, -0.2) is 48.8 Å². The van der Waals surface area contributed by atoms with Crippen molar-refractivity contribution in [1.29, 1.82) is 0 Å². The number of carbonyl (C=O) groups excluding carboxylic acids is 2. The van der Waals surface area contributed by atoms with Gasteiger partial charge in [0.25, 0.3) is 0 Å². The van der Waals surface area contributed by atoms with Gasteiger partial charge in [0.15, 0.2) is 5.12 Å². The lowest BCUT2D eigenvalue weighted by Gasteiger charge is -2.23. The molecule has 144 valence electrons. The van der Waals surface area contributed by atoms with Crippen LogP contribution >= 0.6 is 11.8 Å². The maximum atomic E-state index is 13.1. The Morgan fingerprint density at radius 2 is 1.77 bits per heavy atom. The first-order valence-corrected chi connectivity index (χ1v) is 10.7. The maximum Gasteiger partial charge on any atom is 0.324 e. The second-order valence-electron chi connectivity index (χ2n) is 7.36. The van der Waals surface area contributed by atoms with Crippen molar-refractivity contribution < 1.29 is 22.7 Å². The van der Waals surface area contributed by atoms with E-state index in [1.54, 1.807) is 24.3 Å². The molecule has 1 aromatic carbocycles. The van der Waals surface area contributed by atoms with Crippen LogP contribution in [0.25, 0.3) is 0 Å². The summed E-state index contributed by atoms with van der Waals surface area (Å²) in [7, 11) is -2.63. The fraction of sp³-hybridized carbons (Fsp3) is 0.556. The summed E-state index contributed by atoms with van der Waals surface area (Å²) in [6.07, 6.45) is 0.260. The quantitative estimate of drug-likeness (QED) is 0.724. The number of carbonyl (C=O) groups is 2. The van der Waals surface area contributed by atoms with Crippen LogP contribution in [0.1, 0.15) is 39.7 Å². The number of hydrogen-bond acceptors (Lipinski definition) is 6. The van der Waals surface area contributed by atoms with Gasteiger partial charge in [0.1, 0.15) is 6.04 Å². The molecule has 2 atom stereocenters. The smallest absolute Gasteiger partial charge is 0.324 e. The van der Waals surface area contributed by atoms with Gasteiger partial charge < -0.3 is 4.74 Å². The number of rotatable bonds is 4. The van der Waals surface area contributed by atoms with Crippen LogP contribution in [0.15, 0.2) is 29.2 Å². The van der Waals surface area contributed by atoms with E-state index >= 15 is 0 Å². The van der Waals surface area contributed by atoms with E-state index in [1.807, 2.05) is 20.8 Å². The third-order valence-electron chi connectivity index (χ3n) is 4.35. The van der Waals surface area contributed by atoms with Gasteiger partial charge in [-0.3, -0.25) is 9.59 Å². The zero-order chi connectivity index (χ0) is 19.7. The predicted molar refractivity (Wildman–Crippen MR) is 102 cm³/mol. The Bertz CT molecular complexity index is 781. The summed E-state index contributed by atoms with van der Waals surface area (Å²) < 4.78 is 32.1. The molecule has 2 rings (SSSR count). The monoisotopic (exact) mass is 399 g/mol. The van der Waals surface area contributed by atoms with E-state index in [2.05, 4.69) is 0 Å². The number of benzene rings is 1. The average Bonchev–Trinajstić information content (AvgIpc) is 2.97. The van der Waals surface area contributed by atoms with Crippen molar-refractivity contribution in [3.63, 3.8) is 0 Å². The van der Waals surface area contributed by atoms with Crippen molar-refractivity contribution in [2.45, 2.75) is 55.7 Å². The third-order valence-corrected chi connectivity index (χ3v) is 7.25. The van der Waals surface area contributed by atoms with Crippen molar-refractivity contribution in [3.05, 3.63) is 29.8 Å². The summed E-state index contributed by atoms with van der Waals surface area (Å²) in [4.78, 5) is 23.6. The average molecular weight is 400 g/mol. The zero-order valence-corrected chi connectivity index (χ0v) is 17.3. The summed E-state index contributed by atoms with van der Waals surface area (Å²) in [6, 6.07) is 5.80. The van der Waals surface area contributed by atoms with E-state index in [0.29, 0.717) is 0 Å². The summed E-state index contributed by atoms with van der Waals surface area (Å²) in [5.74, 6) is -0.605. The Morgan fingerprint density at radius 1 is 1.19 bits per heavy atom. The molecular formula is C18H25NO5S2. The van der Waals surface area contributed by atoms with E-state index in [0.717, 1.165) is 21.6 Å². The van der Waals surface area contributed by atoms with E-state index in [-0.39, 0.29) is 33.6 Å². The van der Waals surface area contributed by atoms with Crippen molar-refractivity contribution >= 4 is 32.9 Å². The number of sulfonamides is 1. The number of thioether (sulfide) groups is 1. The highest BCUT2D eigenvalue weighted by molar-refractivity contribution is 8.14. The molecule has 0 N–H and O–H groups in total. The van der Waals surface area contributed by atoms with Crippen LogP contribution in [0.4, 0.5) is 0 Å². The third kappa shape index (κ3) is 4.47. The highest BCUT2D eigenvalue weighted by Gasteiger charge is 2.45. The second kappa shape index (κ2) is 7.70. The molecule has 1 heterocycles. The highest BCUT2D eigenvalue weighted by atomic mass is 32.2. The summed E-state index contributed by atoms with van der Waals surface area (Å²) in [6.45, 7) is 7.68. The number of hydrogen-bond donors (Lipinski definition) is 0. The molecule has 26 heavy (non-hydrogen) atoms. The molecule has 0 saturated carbocycles. The Morgan fingerprint density at radius 3 is 2.23 bits per heavy atom. The lowest BCUT2D eigenvalue weighted by atomic mass is 9.87. The lowest BCUT2D eigenvalue weighted by molar-refractivity contribution is -0.144. The topological polar surface area (TPSA) is 80.8 Å². The van der Waals surface area contributed by atoms with Gasteiger partial charge in [0.05, 0.1) is 12.0 Å². The first-order valence-electron chi connectivity index (χ1n) is 8.34. The van der Waals surface area contributed by atoms with E-state index in [9.17, 15) is 18.0 Å². The van der Waals surface area contributed by atoms with E-state index < -0.39 is 22.0 Å². The molecule has 0 amide bonds. The van der Waals surface area contributed by atoms with Crippen LogP contribution in [0.2, 0.25) is 0 Å². The molecule has 1 aromatic rings. The number of esters is 1. The van der Waals surface area contributed by atoms with Gasteiger partial charge in [0, 0.05) is 18.7 Å². The summed E-state index contributed by atoms with van der Waals surface area (Å²) in [5, 5.41) is -0.368. The minimum Gasteiger partial charge on any atom is -0.468 e. The standard InChI is InChI=1S/C18H25NO5S2/c1-12(20)25-14-10-16(17(21)24-5)19(11-14)26(22,23)15-8-6-13(7-9-15)18(2,3)4/h6-9,14,16H,10-11H2,1-5H3/t14-,16?/m1/s1. The molecule has 0 aliphatic carbocycles. The predicted octanol–water partition coefficient (Wildman–Crippen LogP) is 2.57. The van der Waals surface area contributed by atoms with Crippen LogP contribution in [0.3, 0.4) is 0 Å². The second-order valence-corrected chi connectivity index (χ2v) is 10.7. The van der Waals surface area contributed by atoms with Crippen LogP contribution in [0, 0.1) is 0 Å². The van der Waals surface area contributed by atoms with Gasteiger partial charge in [-0.05, 0) is 29.5 Å². The molecule has 0 spiro atoms. The Kier molecular flexibility index (Phi) is 6.20. The molecule has 8 heteroatoms. The minimum absolute atomic E-state index is 0.0896. The van der Waals surface area contributed by atoms with Gasteiger partial charge in [-0.15, -0.1) is 0 Å². The van der Waals surface area contributed by atoms with Gasteiger partial charge in [0.2, 0.25) is 10.0 Å². The van der Waals surface area contributed by atoms with Crippen LogP contribution in [0.5, 0.6) is 0 Å². The van der Waals surface area contributed by atoms with E-state index in [1.165, 1.54) is 14.0 Å². The maximum absolute atomic E-state index is 13.1. The molecule has 1 aliphatic rings. The number of ether oxygens (including phenoxy) is 1. The normalized spacial score (nSPS) is 21.6. The lowest BCUT2D eigenvalue weighted by Crippen LogP contribution is -2.41. The Hall–Kier alpha value is -1.38. The SMILES string of the molecule is COC(=O)C1C[C@@H](SC(C)=O)CN1S(=O)(=O)c1ccc(C(C)(C)C)cc1. The minimum atomic E-state index is -3.87. The largest absolute Gasteiger partial charge is 0.468 e. The fourth-order valence-electron chi connectivity index (χ4n) is 2.97. The Balaban J connectivity index is 2.35. The molecule has 1 unspecified atom stereocenters. The number of nitrogens with zero attached hydrogens (tertiary/aromatic N) is 1. The first kappa shape index (κ1) is 20.9. The molecule has 0 radical (unpaired) electrons. The van der Waals surface area contributed by atoms with Crippen LogP contribution in [-0.2, 0) is 29.8 Å². The van der Waals surface area contributed by atoms with Crippen molar-refractivity contribution in [2.24, 2.45) is 0 Å². The fourth-order valence-corrected chi connectivity index (χ4v) is 5.68. The highest BCUT2D eigenvalue weighted by Crippen LogP contribution is 2.33. The molecule has 1 saturated heterocycles.